The summed E-state index contributed by atoms with van der Waals surface area (Å²) >= 11 is 1.66. The Morgan fingerprint density at radius 3 is 3.00 bits per heavy atom. The number of nitrogen functional groups attached to an aromatic ring is 1. The molecule has 0 fully saturated rings. The molecule has 0 bridgehead atoms. The van der Waals surface area contributed by atoms with Gasteiger partial charge in [-0.3, -0.25) is 4.79 Å². The summed E-state index contributed by atoms with van der Waals surface area (Å²) in [5.74, 6) is 0. The number of carbonyl (C=O) groups excluding carboxylic acids is 1. The van der Waals surface area contributed by atoms with Crippen molar-refractivity contribution in [2.24, 2.45) is 0 Å². The molecule has 2 nitrogen and oxygen atoms in total. The Morgan fingerprint density at radius 2 is 2.36 bits per heavy atom. The quantitative estimate of drug-likeness (QED) is 0.605. The van der Waals surface area contributed by atoms with Crippen molar-refractivity contribution in [2.45, 2.75) is 13.3 Å². The Balaban J connectivity index is 2.88. The summed E-state index contributed by atoms with van der Waals surface area (Å²) in [5.41, 5.74) is 8.24. The van der Waals surface area contributed by atoms with Gasteiger partial charge in [0.2, 0.25) is 0 Å². The maximum absolute atomic E-state index is 10.9. The molecule has 0 aliphatic carbocycles. The first kappa shape index (κ1) is 9.21. The smallest absolute Gasteiger partial charge is 0.152 e. The highest BCUT2D eigenvalue weighted by Gasteiger charge is 2.09. The molecule has 72 valence electrons. The van der Waals surface area contributed by atoms with Crippen LogP contribution in [0.2, 0.25) is 0 Å². The molecule has 0 saturated heterocycles. The number of aldehydes is 1. The number of fused-ring (bicyclic) bond motifs is 1. The van der Waals surface area contributed by atoms with Gasteiger partial charge in [0, 0.05) is 21.3 Å². The monoisotopic (exact) mass is 205 g/mol. The predicted molar refractivity (Wildman–Crippen MR) is 61.0 cm³/mol. The molecule has 0 atom stereocenters. The Bertz CT molecular complexity index is 487. The SMILES string of the molecule is CCc1cc(N)c(C=O)c2ccsc12. The minimum atomic E-state index is 0.586. The normalized spacial score (nSPS) is 10.6. The summed E-state index contributed by atoms with van der Waals surface area (Å²) in [5, 5.41) is 2.98. The molecule has 2 rings (SSSR count). The fraction of sp³-hybridized carbons (Fsp3) is 0.182. The van der Waals surface area contributed by atoms with Crippen molar-refractivity contribution in [1.82, 2.24) is 0 Å². The maximum atomic E-state index is 10.9. The van der Waals surface area contributed by atoms with Gasteiger partial charge in [-0.25, -0.2) is 0 Å². The molecule has 3 heteroatoms. The Kier molecular flexibility index (Phi) is 2.25. The predicted octanol–water partition coefficient (Wildman–Crippen LogP) is 2.86. The first-order chi connectivity index (χ1) is 6.77. The summed E-state index contributed by atoms with van der Waals surface area (Å²) in [6, 6.07) is 3.86. The van der Waals surface area contributed by atoms with E-state index in [0.29, 0.717) is 11.3 Å². The molecular formula is C11H11NOS. The van der Waals surface area contributed by atoms with Gasteiger partial charge in [-0.2, -0.15) is 0 Å². The molecule has 0 spiro atoms. The zero-order valence-electron chi connectivity index (χ0n) is 7.91. The second-order valence-corrected chi connectivity index (χ2v) is 4.09. The van der Waals surface area contributed by atoms with E-state index in [1.807, 2.05) is 17.5 Å². The highest BCUT2D eigenvalue weighted by atomic mass is 32.1. The summed E-state index contributed by atoms with van der Waals surface area (Å²) in [4.78, 5) is 10.9. The van der Waals surface area contributed by atoms with Crippen LogP contribution in [-0.2, 0) is 6.42 Å². The van der Waals surface area contributed by atoms with E-state index in [4.69, 9.17) is 5.73 Å². The van der Waals surface area contributed by atoms with Gasteiger partial charge in [0.25, 0.3) is 0 Å². The topological polar surface area (TPSA) is 43.1 Å². The summed E-state index contributed by atoms with van der Waals surface area (Å²) in [6.07, 6.45) is 1.78. The van der Waals surface area contributed by atoms with Gasteiger partial charge >= 0.3 is 0 Å². The van der Waals surface area contributed by atoms with Gasteiger partial charge in [-0.15, -0.1) is 11.3 Å². The summed E-state index contributed by atoms with van der Waals surface area (Å²) in [6.45, 7) is 2.09. The van der Waals surface area contributed by atoms with Gasteiger partial charge in [0.1, 0.15) is 0 Å². The Hall–Kier alpha value is -1.35. The van der Waals surface area contributed by atoms with E-state index >= 15 is 0 Å². The largest absolute Gasteiger partial charge is 0.398 e. The van der Waals surface area contributed by atoms with Crippen molar-refractivity contribution in [3.63, 3.8) is 0 Å². The summed E-state index contributed by atoms with van der Waals surface area (Å²) in [7, 11) is 0. The summed E-state index contributed by atoms with van der Waals surface area (Å²) < 4.78 is 1.18. The van der Waals surface area contributed by atoms with E-state index in [1.54, 1.807) is 11.3 Å². The first-order valence-electron chi connectivity index (χ1n) is 4.51. The lowest BCUT2D eigenvalue weighted by molar-refractivity contribution is 0.112. The van der Waals surface area contributed by atoms with Crippen LogP contribution in [0.5, 0.6) is 0 Å². The second kappa shape index (κ2) is 3.42. The average molecular weight is 205 g/mol. The van der Waals surface area contributed by atoms with Crippen LogP contribution >= 0.6 is 11.3 Å². The molecule has 2 N–H and O–H groups in total. The molecule has 2 aromatic rings. The number of thiophene rings is 1. The van der Waals surface area contributed by atoms with Gasteiger partial charge in [-0.1, -0.05) is 6.92 Å². The molecular weight excluding hydrogens is 194 g/mol. The zero-order chi connectivity index (χ0) is 10.1. The lowest BCUT2D eigenvalue weighted by Gasteiger charge is -2.05. The zero-order valence-corrected chi connectivity index (χ0v) is 8.73. The molecule has 0 unspecified atom stereocenters. The first-order valence-corrected chi connectivity index (χ1v) is 5.39. The Morgan fingerprint density at radius 1 is 1.57 bits per heavy atom. The van der Waals surface area contributed by atoms with Crippen molar-refractivity contribution >= 4 is 33.4 Å². The lowest BCUT2D eigenvalue weighted by atomic mass is 10.0. The molecule has 0 radical (unpaired) electrons. The van der Waals surface area contributed by atoms with Crippen LogP contribution in [0.4, 0.5) is 5.69 Å². The number of carbonyl (C=O) groups is 1. The number of benzene rings is 1. The van der Waals surface area contributed by atoms with Gasteiger partial charge in [-0.05, 0) is 29.5 Å². The molecule has 1 aromatic carbocycles. The van der Waals surface area contributed by atoms with Crippen molar-refractivity contribution in [1.29, 1.82) is 0 Å². The number of aryl methyl sites for hydroxylation is 1. The molecule has 0 aliphatic heterocycles. The minimum absolute atomic E-state index is 0.586. The molecule has 1 aromatic heterocycles. The van der Waals surface area contributed by atoms with Crippen LogP contribution in [0.15, 0.2) is 17.5 Å². The van der Waals surface area contributed by atoms with E-state index < -0.39 is 0 Å². The number of rotatable bonds is 2. The van der Waals surface area contributed by atoms with Gasteiger partial charge < -0.3 is 5.73 Å². The van der Waals surface area contributed by atoms with E-state index in [2.05, 4.69) is 6.92 Å². The van der Waals surface area contributed by atoms with E-state index in [9.17, 15) is 4.79 Å². The van der Waals surface area contributed by atoms with Gasteiger partial charge in [0.15, 0.2) is 6.29 Å². The van der Waals surface area contributed by atoms with Crippen LogP contribution < -0.4 is 5.73 Å². The fourth-order valence-corrected chi connectivity index (χ4v) is 2.65. The molecule has 0 saturated carbocycles. The van der Waals surface area contributed by atoms with E-state index in [1.165, 1.54) is 10.3 Å². The van der Waals surface area contributed by atoms with Gasteiger partial charge in [0.05, 0.1) is 0 Å². The van der Waals surface area contributed by atoms with E-state index in [-0.39, 0.29) is 0 Å². The van der Waals surface area contributed by atoms with Crippen LogP contribution in [0.25, 0.3) is 10.1 Å². The third-order valence-corrected chi connectivity index (χ3v) is 3.38. The maximum Gasteiger partial charge on any atom is 0.152 e. The fourth-order valence-electron chi connectivity index (χ4n) is 1.65. The van der Waals surface area contributed by atoms with Crippen molar-refractivity contribution in [2.75, 3.05) is 5.73 Å². The Labute approximate surface area is 86.3 Å². The number of hydrogen-bond donors (Lipinski definition) is 1. The molecule has 0 amide bonds. The highest BCUT2D eigenvalue weighted by molar-refractivity contribution is 7.17. The van der Waals surface area contributed by atoms with Crippen molar-refractivity contribution in [3.05, 3.63) is 28.6 Å². The highest BCUT2D eigenvalue weighted by Crippen LogP contribution is 2.31. The lowest BCUT2D eigenvalue weighted by Crippen LogP contribution is -1.95. The average Bonchev–Trinajstić information content (AvgIpc) is 2.65. The number of anilines is 1. The molecule has 1 heterocycles. The van der Waals surface area contributed by atoms with Crippen LogP contribution in [0, 0.1) is 0 Å². The standard InChI is InChI=1S/C11H11NOS/c1-2-7-5-10(12)9(6-13)8-3-4-14-11(7)8/h3-6H,2,12H2,1H3. The third-order valence-electron chi connectivity index (χ3n) is 2.39. The third kappa shape index (κ3) is 1.21. The van der Waals surface area contributed by atoms with Crippen LogP contribution in [-0.4, -0.2) is 6.29 Å². The molecule has 0 aliphatic rings. The van der Waals surface area contributed by atoms with E-state index in [0.717, 1.165) is 18.1 Å². The molecule has 14 heavy (non-hydrogen) atoms. The number of nitrogens with two attached hydrogens (primary N) is 1. The van der Waals surface area contributed by atoms with Crippen LogP contribution in [0.3, 0.4) is 0 Å². The number of hydrogen-bond acceptors (Lipinski definition) is 3. The van der Waals surface area contributed by atoms with Crippen LogP contribution in [0.1, 0.15) is 22.8 Å². The van der Waals surface area contributed by atoms with Crippen molar-refractivity contribution < 1.29 is 4.79 Å². The van der Waals surface area contributed by atoms with Crippen molar-refractivity contribution in [3.8, 4) is 0 Å². The minimum Gasteiger partial charge on any atom is -0.398 e. The second-order valence-electron chi connectivity index (χ2n) is 3.17.